The number of carbonyl (C=O) groups is 2. The maximum absolute atomic E-state index is 12.9. The number of carbonyl (C=O) groups excluding carboxylic acids is 1. The van der Waals surface area contributed by atoms with E-state index in [1.807, 2.05) is 0 Å². The minimum atomic E-state index is -0.895. The predicted octanol–water partition coefficient (Wildman–Crippen LogP) is 1.78. The van der Waals surface area contributed by atoms with E-state index >= 15 is 0 Å². The summed E-state index contributed by atoms with van der Waals surface area (Å²) in [7, 11) is 0. The molecule has 1 aromatic rings. The van der Waals surface area contributed by atoms with Crippen LogP contribution in [0.25, 0.3) is 0 Å². The van der Waals surface area contributed by atoms with Crippen LogP contribution in [0.1, 0.15) is 30.1 Å². The second kappa shape index (κ2) is 5.87. The van der Waals surface area contributed by atoms with E-state index in [1.165, 1.54) is 0 Å². The summed E-state index contributed by atoms with van der Waals surface area (Å²) in [6.45, 7) is 2.70. The Morgan fingerprint density at radius 1 is 1.32 bits per heavy atom. The normalized spacial score (nSPS) is 17.7. The van der Waals surface area contributed by atoms with Crippen LogP contribution in [0.4, 0.5) is 0 Å². The molecule has 1 aliphatic heterocycles. The number of amides is 1. The first-order valence-corrected chi connectivity index (χ1v) is 7.50. The molecule has 22 heavy (non-hydrogen) atoms. The van der Waals surface area contributed by atoms with Crippen LogP contribution >= 0.6 is 0 Å². The van der Waals surface area contributed by atoms with Gasteiger partial charge in [0.25, 0.3) is 5.91 Å². The third-order valence-corrected chi connectivity index (χ3v) is 3.94. The van der Waals surface area contributed by atoms with Crippen molar-refractivity contribution in [3.05, 3.63) is 23.8 Å². The van der Waals surface area contributed by atoms with Gasteiger partial charge in [0.1, 0.15) is 13.2 Å². The molecule has 1 unspecified atom stereocenters. The first kappa shape index (κ1) is 14.7. The molecule has 118 valence electrons. The van der Waals surface area contributed by atoms with Crippen molar-refractivity contribution in [2.45, 2.75) is 25.8 Å². The Hall–Kier alpha value is -2.24. The number of rotatable bonds is 5. The highest BCUT2D eigenvalue weighted by Crippen LogP contribution is 2.36. The van der Waals surface area contributed by atoms with Crippen molar-refractivity contribution in [2.24, 2.45) is 5.92 Å². The lowest BCUT2D eigenvalue weighted by Crippen LogP contribution is -2.39. The van der Waals surface area contributed by atoms with Gasteiger partial charge in [0, 0.05) is 12.6 Å². The lowest BCUT2D eigenvalue weighted by atomic mass is 10.1. The van der Waals surface area contributed by atoms with Gasteiger partial charge in [-0.15, -0.1) is 0 Å². The number of aliphatic carboxylic acids is 1. The van der Waals surface area contributed by atoms with Gasteiger partial charge in [-0.05, 0) is 25.0 Å². The quantitative estimate of drug-likeness (QED) is 0.897. The van der Waals surface area contributed by atoms with Gasteiger partial charge in [0.2, 0.25) is 0 Å². The minimum Gasteiger partial charge on any atom is -0.486 e. The molecule has 6 nitrogen and oxygen atoms in total. The molecule has 1 aliphatic carbocycles. The molecule has 1 atom stereocenters. The average molecular weight is 305 g/mol. The standard InChI is InChI=1S/C16H19NO5/c1-10(16(19)20)9-17(11-5-6-11)15(18)12-3-2-4-13-14(12)22-8-7-21-13/h2-4,10-11H,5-9H2,1H3,(H,19,20). The Kier molecular flexibility index (Phi) is 3.92. The zero-order chi connectivity index (χ0) is 15.7. The summed E-state index contributed by atoms with van der Waals surface area (Å²) in [6, 6.07) is 5.37. The van der Waals surface area contributed by atoms with Crippen molar-refractivity contribution in [1.82, 2.24) is 4.90 Å². The highest BCUT2D eigenvalue weighted by molar-refractivity contribution is 5.98. The molecule has 1 heterocycles. The maximum atomic E-state index is 12.9. The molecular formula is C16H19NO5. The number of nitrogens with zero attached hydrogens (tertiary/aromatic N) is 1. The van der Waals surface area contributed by atoms with Gasteiger partial charge in [-0.25, -0.2) is 0 Å². The van der Waals surface area contributed by atoms with Gasteiger partial charge in [0.05, 0.1) is 11.5 Å². The van der Waals surface area contributed by atoms with E-state index in [1.54, 1.807) is 30.0 Å². The maximum Gasteiger partial charge on any atom is 0.308 e. The monoisotopic (exact) mass is 305 g/mol. The zero-order valence-corrected chi connectivity index (χ0v) is 12.4. The number of fused-ring (bicyclic) bond motifs is 1. The average Bonchev–Trinajstić information content (AvgIpc) is 3.35. The van der Waals surface area contributed by atoms with E-state index in [9.17, 15) is 9.59 Å². The summed E-state index contributed by atoms with van der Waals surface area (Å²) < 4.78 is 11.1. The Bertz CT molecular complexity index is 596. The van der Waals surface area contributed by atoms with Gasteiger partial charge < -0.3 is 19.5 Å². The number of hydrogen-bond acceptors (Lipinski definition) is 4. The van der Waals surface area contributed by atoms with E-state index in [0.29, 0.717) is 30.3 Å². The van der Waals surface area contributed by atoms with Gasteiger partial charge in [-0.3, -0.25) is 9.59 Å². The van der Waals surface area contributed by atoms with Crippen molar-refractivity contribution in [2.75, 3.05) is 19.8 Å². The molecule has 1 N–H and O–H groups in total. The van der Waals surface area contributed by atoms with Crippen LogP contribution in [0.5, 0.6) is 11.5 Å². The number of hydrogen-bond donors (Lipinski definition) is 1. The van der Waals surface area contributed by atoms with Crippen LogP contribution in [0.15, 0.2) is 18.2 Å². The zero-order valence-electron chi connectivity index (χ0n) is 12.4. The van der Waals surface area contributed by atoms with E-state index in [0.717, 1.165) is 12.8 Å². The Labute approximate surface area is 128 Å². The molecule has 0 aromatic heterocycles. The summed E-state index contributed by atoms with van der Waals surface area (Å²) in [5.41, 5.74) is 0.446. The molecule has 1 saturated carbocycles. The van der Waals surface area contributed by atoms with E-state index in [4.69, 9.17) is 14.6 Å². The van der Waals surface area contributed by atoms with Gasteiger partial charge in [-0.2, -0.15) is 0 Å². The summed E-state index contributed by atoms with van der Waals surface area (Å²) >= 11 is 0. The van der Waals surface area contributed by atoms with Crippen molar-refractivity contribution < 1.29 is 24.2 Å². The molecule has 0 saturated heterocycles. The Balaban J connectivity index is 1.86. The molecule has 1 amide bonds. The van der Waals surface area contributed by atoms with Crippen LogP contribution in [-0.4, -0.2) is 47.7 Å². The minimum absolute atomic E-state index is 0.134. The molecule has 2 aliphatic rings. The van der Waals surface area contributed by atoms with Crippen molar-refractivity contribution >= 4 is 11.9 Å². The number of carboxylic acids is 1. The van der Waals surface area contributed by atoms with Crippen LogP contribution in [0.2, 0.25) is 0 Å². The summed E-state index contributed by atoms with van der Waals surface area (Å²) in [4.78, 5) is 25.6. The fourth-order valence-electron chi connectivity index (χ4n) is 2.55. The van der Waals surface area contributed by atoms with E-state index < -0.39 is 11.9 Å². The molecule has 3 rings (SSSR count). The topological polar surface area (TPSA) is 76.1 Å². The number of carboxylic acid groups (broad SMARTS) is 1. The molecular weight excluding hydrogens is 286 g/mol. The molecule has 1 fully saturated rings. The number of ether oxygens (including phenoxy) is 2. The highest BCUT2D eigenvalue weighted by Gasteiger charge is 2.36. The fraction of sp³-hybridized carbons (Fsp3) is 0.500. The lowest BCUT2D eigenvalue weighted by Gasteiger charge is -2.27. The Morgan fingerprint density at radius 2 is 2.05 bits per heavy atom. The number of para-hydroxylation sites is 1. The molecule has 0 spiro atoms. The largest absolute Gasteiger partial charge is 0.486 e. The van der Waals surface area contributed by atoms with E-state index in [2.05, 4.69) is 0 Å². The second-order valence-corrected chi connectivity index (χ2v) is 5.76. The molecule has 0 radical (unpaired) electrons. The molecule has 1 aromatic carbocycles. The Morgan fingerprint density at radius 3 is 2.73 bits per heavy atom. The third-order valence-electron chi connectivity index (χ3n) is 3.94. The van der Waals surface area contributed by atoms with Crippen molar-refractivity contribution in [1.29, 1.82) is 0 Å². The van der Waals surface area contributed by atoms with Crippen molar-refractivity contribution in [3.8, 4) is 11.5 Å². The highest BCUT2D eigenvalue weighted by atomic mass is 16.6. The van der Waals surface area contributed by atoms with Crippen molar-refractivity contribution in [3.63, 3.8) is 0 Å². The smallest absolute Gasteiger partial charge is 0.308 e. The summed E-state index contributed by atoms with van der Waals surface area (Å²) in [5, 5.41) is 9.09. The van der Waals surface area contributed by atoms with Gasteiger partial charge in [0.15, 0.2) is 11.5 Å². The summed E-state index contributed by atoms with van der Waals surface area (Å²) in [5.74, 6) is -0.640. The lowest BCUT2D eigenvalue weighted by molar-refractivity contribution is -0.141. The van der Waals surface area contributed by atoms with Crippen LogP contribution in [-0.2, 0) is 4.79 Å². The first-order valence-electron chi connectivity index (χ1n) is 7.50. The van der Waals surface area contributed by atoms with Gasteiger partial charge in [-0.1, -0.05) is 13.0 Å². The second-order valence-electron chi connectivity index (χ2n) is 5.76. The van der Waals surface area contributed by atoms with E-state index in [-0.39, 0.29) is 18.5 Å². The predicted molar refractivity (Wildman–Crippen MR) is 78.3 cm³/mol. The van der Waals surface area contributed by atoms with Crippen LogP contribution in [0.3, 0.4) is 0 Å². The fourth-order valence-corrected chi connectivity index (χ4v) is 2.55. The number of benzene rings is 1. The molecule has 0 bridgehead atoms. The first-order chi connectivity index (χ1) is 10.6. The third kappa shape index (κ3) is 2.86. The van der Waals surface area contributed by atoms with Gasteiger partial charge >= 0.3 is 5.97 Å². The van der Waals surface area contributed by atoms with Crippen LogP contribution in [0, 0.1) is 5.92 Å². The van der Waals surface area contributed by atoms with Crippen LogP contribution < -0.4 is 9.47 Å². The molecule has 6 heteroatoms. The SMILES string of the molecule is CC(CN(C(=O)c1cccc2c1OCCO2)C1CC1)C(=O)O. The summed E-state index contributed by atoms with van der Waals surface area (Å²) in [6.07, 6.45) is 1.84.